The van der Waals surface area contributed by atoms with Crippen molar-refractivity contribution >= 4 is 27.2 Å². The van der Waals surface area contributed by atoms with Gasteiger partial charge < -0.3 is 9.64 Å². The molecule has 0 saturated carbocycles. The number of para-hydroxylation sites is 2. The van der Waals surface area contributed by atoms with Crippen molar-refractivity contribution in [1.29, 1.82) is 0 Å². The molecule has 34 heavy (non-hydrogen) atoms. The Kier molecular flexibility index (Phi) is 6.26. The van der Waals surface area contributed by atoms with E-state index in [9.17, 15) is 9.59 Å². The third-order valence-corrected chi connectivity index (χ3v) is 7.77. The second-order valence-electron chi connectivity index (χ2n) is 8.49. The molecule has 1 aliphatic heterocycles. The highest BCUT2D eigenvalue weighted by atomic mass is 32.1. The number of benzene rings is 2. The predicted octanol–water partition coefficient (Wildman–Crippen LogP) is 3.26. The highest BCUT2D eigenvalue weighted by Crippen LogP contribution is 2.31. The maximum Gasteiger partial charge on any atom is 0.331 e. The molecule has 4 aromatic rings. The second-order valence-corrected chi connectivity index (χ2v) is 9.53. The topological polar surface area (TPSA) is 59.7 Å². The van der Waals surface area contributed by atoms with E-state index >= 15 is 0 Å². The lowest BCUT2D eigenvalue weighted by Gasteiger charge is -2.36. The van der Waals surface area contributed by atoms with E-state index in [1.165, 1.54) is 15.9 Å². The van der Waals surface area contributed by atoms with Crippen molar-refractivity contribution in [2.24, 2.45) is 7.05 Å². The number of methoxy groups -OCH3 is 1. The van der Waals surface area contributed by atoms with Crippen molar-refractivity contribution in [3.8, 4) is 16.2 Å². The van der Waals surface area contributed by atoms with Crippen LogP contribution in [-0.4, -0.2) is 53.9 Å². The Morgan fingerprint density at radius 3 is 2.35 bits per heavy atom. The maximum absolute atomic E-state index is 13.2. The number of anilines is 1. The molecule has 1 fully saturated rings. The number of ether oxygens (including phenoxy) is 1. The van der Waals surface area contributed by atoms with Gasteiger partial charge in [-0.25, -0.2) is 4.79 Å². The molecule has 5 rings (SSSR count). The minimum atomic E-state index is -0.258. The third-order valence-electron chi connectivity index (χ3n) is 6.51. The smallest absolute Gasteiger partial charge is 0.331 e. The molecule has 0 aliphatic carbocycles. The van der Waals surface area contributed by atoms with Crippen LogP contribution in [0, 0.1) is 0 Å². The molecular formula is C26H28N4O3S. The van der Waals surface area contributed by atoms with Gasteiger partial charge in [-0.15, -0.1) is 11.3 Å². The Hall–Kier alpha value is -3.36. The Balaban J connectivity index is 1.32. The van der Waals surface area contributed by atoms with Crippen molar-refractivity contribution in [1.82, 2.24) is 14.0 Å². The molecule has 0 atom stereocenters. The highest BCUT2D eigenvalue weighted by Gasteiger charge is 2.21. The molecule has 7 nitrogen and oxygen atoms in total. The minimum Gasteiger partial charge on any atom is -0.495 e. The molecule has 2 aromatic heterocycles. The lowest BCUT2D eigenvalue weighted by molar-refractivity contribution is 0.245. The summed E-state index contributed by atoms with van der Waals surface area (Å²) in [4.78, 5) is 32.6. The number of aryl methyl sites for hydroxylation is 1. The van der Waals surface area contributed by atoms with E-state index in [1.807, 2.05) is 54.6 Å². The van der Waals surface area contributed by atoms with Gasteiger partial charge in [0, 0.05) is 51.2 Å². The predicted molar refractivity (Wildman–Crippen MR) is 138 cm³/mol. The molecule has 1 saturated heterocycles. The summed E-state index contributed by atoms with van der Waals surface area (Å²) in [6, 6.07) is 19.9. The molecule has 1 aliphatic rings. The van der Waals surface area contributed by atoms with Crippen molar-refractivity contribution in [3.05, 3.63) is 81.5 Å². The summed E-state index contributed by atoms with van der Waals surface area (Å²) in [6.07, 6.45) is 0. The molecule has 0 N–H and O–H groups in total. The van der Waals surface area contributed by atoms with Gasteiger partial charge in [-0.05, 0) is 23.8 Å². The van der Waals surface area contributed by atoms with Gasteiger partial charge >= 0.3 is 5.69 Å². The van der Waals surface area contributed by atoms with Crippen molar-refractivity contribution in [2.75, 3.05) is 44.7 Å². The fourth-order valence-corrected chi connectivity index (χ4v) is 5.68. The normalized spacial score (nSPS) is 14.6. The lowest BCUT2D eigenvalue weighted by atomic mass is 10.2. The first-order chi connectivity index (χ1) is 16.6. The summed E-state index contributed by atoms with van der Waals surface area (Å²) in [5.41, 5.74) is 1.69. The van der Waals surface area contributed by atoms with Crippen LogP contribution < -0.4 is 20.9 Å². The number of nitrogens with zero attached hydrogens (tertiary/aromatic N) is 4. The largest absolute Gasteiger partial charge is 0.495 e. The van der Waals surface area contributed by atoms with Crippen LogP contribution in [0.5, 0.6) is 5.75 Å². The summed E-state index contributed by atoms with van der Waals surface area (Å²) in [7, 11) is 3.44. The quantitative estimate of drug-likeness (QED) is 0.428. The summed E-state index contributed by atoms with van der Waals surface area (Å²) in [6.45, 7) is 4.52. The highest BCUT2D eigenvalue weighted by molar-refractivity contribution is 7.21. The number of hydrogen-bond donors (Lipinski definition) is 0. The van der Waals surface area contributed by atoms with Gasteiger partial charge in [-0.3, -0.25) is 18.8 Å². The zero-order valence-corrected chi connectivity index (χ0v) is 20.3. The average Bonchev–Trinajstić information content (AvgIpc) is 3.34. The fraction of sp³-hybridized carbons (Fsp3) is 0.308. The summed E-state index contributed by atoms with van der Waals surface area (Å²) in [5, 5.41) is 0.604. The van der Waals surface area contributed by atoms with E-state index in [1.54, 1.807) is 18.7 Å². The van der Waals surface area contributed by atoms with E-state index in [2.05, 4.69) is 15.9 Å². The van der Waals surface area contributed by atoms with Gasteiger partial charge in [0.15, 0.2) is 0 Å². The molecule has 176 valence electrons. The number of hydrogen-bond acceptors (Lipinski definition) is 6. The molecule has 8 heteroatoms. The molecule has 2 aromatic carbocycles. The van der Waals surface area contributed by atoms with E-state index < -0.39 is 0 Å². The Morgan fingerprint density at radius 2 is 1.62 bits per heavy atom. The number of piperazine rings is 1. The minimum absolute atomic E-state index is 0.204. The summed E-state index contributed by atoms with van der Waals surface area (Å²) < 4.78 is 8.49. The molecule has 0 bridgehead atoms. The Labute approximate surface area is 202 Å². The maximum atomic E-state index is 13.2. The summed E-state index contributed by atoms with van der Waals surface area (Å²) >= 11 is 1.48. The SMILES string of the molecule is COc1ccccc1N1CCN(CCn2c(=O)c3cc(-c4ccccc4)sc3n(C)c2=O)CC1. The van der Waals surface area contributed by atoms with Gasteiger partial charge in [0.25, 0.3) is 5.56 Å². The third kappa shape index (κ3) is 4.15. The Bertz CT molecular complexity index is 1420. The molecule has 0 spiro atoms. The molecule has 0 radical (unpaired) electrons. The van der Waals surface area contributed by atoms with Gasteiger partial charge in [0.2, 0.25) is 0 Å². The first-order valence-electron chi connectivity index (χ1n) is 11.5. The van der Waals surface area contributed by atoms with Crippen molar-refractivity contribution < 1.29 is 4.74 Å². The molecule has 3 heterocycles. The number of thiophene rings is 1. The zero-order chi connectivity index (χ0) is 23.7. The molecule has 0 amide bonds. The van der Waals surface area contributed by atoms with Gasteiger partial charge in [-0.1, -0.05) is 42.5 Å². The number of rotatable bonds is 6. The first kappa shape index (κ1) is 22.4. The van der Waals surface area contributed by atoms with Gasteiger partial charge in [0.1, 0.15) is 10.6 Å². The van der Waals surface area contributed by atoms with Crippen LogP contribution in [0.3, 0.4) is 0 Å². The second kappa shape index (κ2) is 9.48. The fourth-order valence-electron chi connectivity index (χ4n) is 4.57. The Morgan fingerprint density at radius 1 is 0.912 bits per heavy atom. The van der Waals surface area contributed by atoms with Crippen LogP contribution in [0.15, 0.2) is 70.3 Å². The van der Waals surface area contributed by atoms with E-state index in [4.69, 9.17) is 4.74 Å². The standard InChI is InChI=1S/C26H28N4O3S/c1-27-25-20(18-23(34-25)19-8-4-3-5-9-19)24(31)30(26(27)32)17-14-28-12-15-29(16-13-28)21-10-6-7-11-22(21)33-2/h3-11,18H,12-17H2,1-2H3. The van der Waals surface area contributed by atoms with E-state index in [0.29, 0.717) is 18.5 Å². The molecule has 0 unspecified atom stereocenters. The van der Waals surface area contributed by atoms with Crippen LogP contribution in [0.25, 0.3) is 20.7 Å². The van der Waals surface area contributed by atoms with Crippen LogP contribution in [-0.2, 0) is 13.6 Å². The van der Waals surface area contributed by atoms with Crippen LogP contribution in [0.1, 0.15) is 0 Å². The van der Waals surface area contributed by atoms with Gasteiger partial charge in [-0.2, -0.15) is 0 Å². The zero-order valence-electron chi connectivity index (χ0n) is 19.4. The molecular weight excluding hydrogens is 448 g/mol. The van der Waals surface area contributed by atoms with Crippen LogP contribution in [0.4, 0.5) is 5.69 Å². The van der Waals surface area contributed by atoms with Crippen molar-refractivity contribution in [3.63, 3.8) is 0 Å². The van der Waals surface area contributed by atoms with Crippen LogP contribution in [0.2, 0.25) is 0 Å². The summed E-state index contributed by atoms with van der Waals surface area (Å²) in [5.74, 6) is 0.880. The monoisotopic (exact) mass is 476 g/mol. The van der Waals surface area contributed by atoms with Crippen molar-refractivity contribution in [2.45, 2.75) is 6.54 Å². The lowest BCUT2D eigenvalue weighted by Crippen LogP contribution is -2.49. The van der Waals surface area contributed by atoms with Gasteiger partial charge in [0.05, 0.1) is 18.2 Å². The van der Waals surface area contributed by atoms with E-state index in [0.717, 1.165) is 52.9 Å². The average molecular weight is 477 g/mol. The number of fused-ring (bicyclic) bond motifs is 1. The van der Waals surface area contributed by atoms with Crippen LogP contribution >= 0.6 is 11.3 Å². The number of aromatic nitrogens is 2. The van der Waals surface area contributed by atoms with E-state index in [-0.39, 0.29) is 11.2 Å². The first-order valence-corrected chi connectivity index (χ1v) is 12.3.